The van der Waals surface area contributed by atoms with Crippen molar-refractivity contribution in [3.8, 4) is 0 Å². The Hall–Kier alpha value is -1.67. The van der Waals surface area contributed by atoms with Gasteiger partial charge in [0.25, 0.3) is 0 Å². The van der Waals surface area contributed by atoms with Gasteiger partial charge in [-0.3, -0.25) is 4.79 Å². The third-order valence-electron chi connectivity index (χ3n) is 3.30. The molecule has 1 nitrogen and oxygen atoms in total. The molecule has 0 fully saturated rings. The largest absolute Gasteiger partial charge is 0.294 e. The Balaban J connectivity index is 2.30. The zero-order valence-electron chi connectivity index (χ0n) is 9.74. The molecular weight excluding hydrogens is 288 g/mol. The van der Waals surface area contributed by atoms with Gasteiger partial charge < -0.3 is 0 Å². The topological polar surface area (TPSA) is 17.1 Å². The number of hydrogen-bond donors (Lipinski definition) is 0. The van der Waals surface area contributed by atoms with Crippen LogP contribution in [0.4, 0.5) is 0 Å². The fourth-order valence-corrected chi connectivity index (χ4v) is 2.75. The first-order valence-electron chi connectivity index (χ1n) is 5.77. The first kappa shape index (κ1) is 11.4. The summed E-state index contributed by atoms with van der Waals surface area (Å²) in [5.74, 6) is 0.156. The molecule has 0 atom stereocenters. The number of carbonyl (C=O) groups is 1. The van der Waals surface area contributed by atoms with Gasteiger partial charge in [0.05, 0.1) is 0 Å². The highest BCUT2D eigenvalue weighted by Crippen LogP contribution is 2.33. The van der Waals surface area contributed by atoms with E-state index in [0.717, 1.165) is 32.3 Å². The van der Waals surface area contributed by atoms with Crippen molar-refractivity contribution in [3.05, 3.63) is 75.8 Å². The minimum atomic E-state index is 0.156. The summed E-state index contributed by atoms with van der Waals surface area (Å²) in [6.45, 7) is 4.16. The predicted molar refractivity (Wildman–Crippen MR) is 76.8 cm³/mol. The van der Waals surface area contributed by atoms with Crippen molar-refractivity contribution in [2.45, 2.75) is 6.42 Å². The van der Waals surface area contributed by atoms with Gasteiger partial charge in [-0.25, -0.2) is 0 Å². The smallest absolute Gasteiger partial charge is 0.167 e. The molecule has 0 saturated carbocycles. The summed E-state index contributed by atoms with van der Waals surface area (Å²) in [5.41, 5.74) is 4.74. The standard InChI is InChI=1S/C16H11BrO/c1-10-13-5-3-2-4-11(13)8-16(18)14-7-6-12(17)9-15(10)14/h2-7,9H,1,8H2. The quantitative estimate of drug-likeness (QED) is 0.711. The molecule has 0 unspecified atom stereocenters. The lowest BCUT2D eigenvalue weighted by Crippen LogP contribution is -2.03. The lowest BCUT2D eigenvalue weighted by Gasteiger charge is -2.09. The lowest BCUT2D eigenvalue weighted by molar-refractivity contribution is 0.0993. The zero-order chi connectivity index (χ0) is 12.7. The van der Waals surface area contributed by atoms with Crippen molar-refractivity contribution < 1.29 is 4.79 Å². The van der Waals surface area contributed by atoms with E-state index in [-0.39, 0.29) is 5.78 Å². The summed E-state index contributed by atoms with van der Waals surface area (Å²) in [6.07, 6.45) is 0.448. The van der Waals surface area contributed by atoms with Crippen molar-refractivity contribution in [2.24, 2.45) is 0 Å². The molecule has 0 heterocycles. The summed E-state index contributed by atoms with van der Waals surface area (Å²) >= 11 is 3.45. The summed E-state index contributed by atoms with van der Waals surface area (Å²) in [4.78, 5) is 12.3. The Morgan fingerprint density at radius 2 is 1.78 bits per heavy atom. The van der Waals surface area contributed by atoms with Crippen LogP contribution in [0.5, 0.6) is 0 Å². The van der Waals surface area contributed by atoms with Gasteiger partial charge in [-0.1, -0.05) is 46.8 Å². The van der Waals surface area contributed by atoms with Crippen molar-refractivity contribution in [1.29, 1.82) is 0 Å². The second-order valence-electron chi connectivity index (χ2n) is 4.43. The Morgan fingerprint density at radius 1 is 1.00 bits per heavy atom. The SMILES string of the molecule is C=C1c2ccccc2CC(=O)c2ccc(Br)cc21. The normalized spacial score (nSPS) is 13.8. The van der Waals surface area contributed by atoms with Gasteiger partial charge in [0.15, 0.2) is 5.78 Å². The van der Waals surface area contributed by atoms with Crippen LogP contribution in [0.15, 0.2) is 53.5 Å². The van der Waals surface area contributed by atoms with Crippen LogP contribution >= 0.6 is 15.9 Å². The molecule has 0 radical (unpaired) electrons. The van der Waals surface area contributed by atoms with Crippen LogP contribution in [0, 0.1) is 0 Å². The molecule has 0 aromatic heterocycles. The first-order valence-corrected chi connectivity index (χ1v) is 6.56. The Morgan fingerprint density at radius 3 is 2.61 bits per heavy atom. The molecule has 88 valence electrons. The van der Waals surface area contributed by atoms with Gasteiger partial charge in [0.1, 0.15) is 0 Å². The van der Waals surface area contributed by atoms with E-state index in [2.05, 4.69) is 22.5 Å². The molecule has 0 bridgehead atoms. The number of carbonyl (C=O) groups excluding carboxylic acids is 1. The van der Waals surface area contributed by atoms with E-state index in [0.29, 0.717) is 6.42 Å². The molecule has 2 aromatic rings. The molecule has 2 aromatic carbocycles. The first-order chi connectivity index (χ1) is 8.66. The third kappa shape index (κ3) is 1.73. The molecule has 2 heteroatoms. The van der Waals surface area contributed by atoms with E-state index < -0.39 is 0 Å². The van der Waals surface area contributed by atoms with E-state index in [1.54, 1.807) is 0 Å². The van der Waals surface area contributed by atoms with Crippen LogP contribution in [0.3, 0.4) is 0 Å². The number of benzene rings is 2. The molecule has 1 aliphatic carbocycles. The molecule has 0 N–H and O–H groups in total. The maximum absolute atomic E-state index is 12.3. The Labute approximate surface area is 114 Å². The Kier molecular flexibility index (Phi) is 2.67. The third-order valence-corrected chi connectivity index (χ3v) is 3.79. The van der Waals surface area contributed by atoms with Crippen molar-refractivity contribution >= 4 is 27.3 Å². The number of rotatable bonds is 0. The molecule has 0 saturated heterocycles. The second kappa shape index (κ2) is 4.21. The highest BCUT2D eigenvalue weighted by atomic mass is 79.9. The number of halogens is 1. The molecule has 0 aliphatic heterocycles. The summed E-state index contributed by atoms with van der Waals surface area (Å²) in [5, 5.41) is 0. The van der Waals surface area contributed by atoms with E-state index >= 15 is 0 Å². The molecule has 0 spiro atoms. The second-order valence-corrected chi connectivity index (χ2v) is 5.34. The minimum absolute atomic E-state index is 0.156. The molecule has 18 heavy (non-hydrogen) atoms. The molecular formula is C16H11BrO. The van der Waals surface area contributed by atoms with E-state index in [9.17, 15) is 4.79 Å². The average Bonchev–Trinajstić information content (AvgIpc) is 2.47. The minimum Gasteiger partial charge on any atom is -0.294 e. The van der Waals surface area contributed by atoms with Crippen LogP contribution in [0.2, 0.25) is 0 Å². The summed E-state index contributed by atoms with van der Waals surface area (Å²) in [6, 6.07) is 13.7. The highest BCUT2D eigenvalue weighted by molar-refractivity contribution is 9.10. The van der Waals surface area contributed by atoms with Gasteiger partial charge in [-0.2, -0.15) is 0 Å². The number of fused-ring (bicyclic) bond motifs is 2. The Bertz CT molecular complexity index is 671. The number of ketones is 1. The lowest BCUT2D eigenvalue weighted by atomic mass is 9.96. The maximum atomic E-state index is 12.3. The molecule has 0 amide bonds. The van der Waals surface area contributed by atoms with Crippen LogP contribution in [0.1, 0.15) is 27.0 Å². The van der Waals surface area contributed by atoms with Crippen LogP contribution in [-0.2, 0) is 6.42 Å². The fraction of sp³-hybridized carbons (Fsp3) is 0.0625. The summed E-state index contributed by atoms with van der Waals surface area (Å²) in [7, 11) is 0. The van der Waals surface area contributed by atoms with Crippen molar-refractivity contribution in [2.75, 3.05) is 0 Å². The zero-order valence-corrected chi connectivity index (χ0v) is 11.3. The van der Waals surface area contributed by atoms with E-state index in [4.69, 9.17) is 0 Å². The van der Waals surface area contributed by atoms with Crippen LogP contribution < -0.4 is 0 Å². The predicted octanol–water partition coefficient (Wildman–Crippen LogP) is 4.25. The number of Topliss-reactive ketones (excluding diaryl/α,β-unsaturated/α-hetero) is 1. The summed E-state index contributed by atoms with van der Waals surface area (Å²) < 4.78 is 0.967. The van der Waals surface area contributed by atoms with Gasteiger partial charge >= 0.3 is 0 Å². The maximum Gasteiger partial charge on any atom is 0.167 e. The van der Waals surface area contributed by atoms with Crippen molar-refractivity contribution in [1.82, 2.24) is 0 Å². The van der Waals surface area contributed by atoms with Gasteiger partial charge in [0, 0.05) is 16.5 Å². The molecule has 3 rings (SSSR count). The fourth-order valence-electron chi connectivity index (χ4n) is 2.39. The van der Waals surface area contributed by atoms with E-state index in [1.807, 2.05) is 42.5 Å². The van der Waals surface area contributed by atoms with Gasteiger partial charge in [-0.05, 0) is 40.5 Å². The monoisotopic (exact) mass is 298 g/mol. The number of hydrogen-bond acceptors (Lipinski definition) is 1. The average molecular weight is 299 g/mol. The van der Waals surface area contributed by atoms with Gasteiger partial charge in [-0.15, -0.1) is 0 Å². The molecule has 1 aliphatic rings. The van der Waals surface area contributed by atoms with Crippen LogP contribution in [0.25, 0.3) is 5.57 Å². The van der Waals surface area contributed by atoms with Crippen LogP contribution in [-0.4, -0.2) is 5.78 Å². The van der Waals surface area contributed by atoms with Crippen molar-refractivity contribution in [3.63, 3.8) is 0 Å². The van der Waals surface area contributed by atoms with E-state index in [1.165, 1.54) is 0 Å². The van der Waals surface area contributed by atoms with Gasteiger partial charge in [0.2, 0.25) is 0 Å². The highest BCUT2D eigenvalue weighted by Gasteiger charge is 2.21.